The third kappa shape index (κ3) is 2.25. The van der Waals surface area contributed by atoms with Crippen molar-refractivity contribution in [1.82, 2.24) is 15.3 Å². The van der Waals surface area contributed by atoms with E-state index in [1.807, 2.05) is 30.0 Å². The van der Waals surface area contributed by atoms with Crippen LogP contribution in [0.1, 0.15) is 6.42 Å². The van der Waals surface area contributed by atoms with Gasteiger partial charge in [0, 0.05) is 17.9 Å². The molecule has 4 nitrogen and oxygen atoms in total. The number of fused-ring (bicyclic) bond motifs is 1. The lowest BCUT2D eigenvalue weighted by molar-refractivity contribution is 0.415. The molecule has 90 valence electrons. The number of ether oxygens (including phenoxy) is 1. The Labute approximate surface area is 104 Å². The quantitative estimate of drug-likeness (QED) is 0.874. The van der Waals surface area contributed by atoms with Crippen LogP contribution in [0, 0.1) is 0 Å². The van der Waals surface area contributed by atoms with Crippen LogP contribution in [-0.2, 0) is 0 Å². The molecular formula is C12H15N3OS. The van der Waals surface area contributed by atoms with Gasteiger partial charge in [0.2, 0.25) is 0 Å². The van der Waals surface area contributed by atoms with Crippen LogP contribution in [0.2, 0.25) is 0 Å². The first-order valence-corrected chi connectivity index (χ1v) is 6.64. The van der Waals surface area contributed by atoms with E-state index < -0.39 is 0 Å². The second-order valence-electron chi connectivity index (χ2n) is 4.16. The summed E-state index contributed by atoms with van der Waals surface area (Å²) in [5.74, 6) is 0.861. The van der Waals surface area contributed by atoms with E-state index >= 15 is 0 Å². The highest BCUT2D eigenvalue weighted by atomic mass is 32.2. The SMILES string of the molecule is COc1ccc2nc(SC3CCNC3)[nH]c2c1. The number of aromatic nitrogens is 2. The molecule has 1 saturated heterocycles. The number of thioether (sulfide) groups is 1. The molecule has 0 saturated carbocycles. The molecule has 1 unspecified atom stereocenters. The van der Waals surface area contributed by atoms with Crippen molar-refractivity contribution in [2.75, 3.05) is 20.2 Å². The maximum Gasteiger partial charge on any atom is 0.166 e. The largest absolute Gasteiger partial charge is 0.497 e. The summed E-state index contributed by atoms with van der Waals surface area (Å²) in [4.78, 5) is 7.92. The number of H-pyrrole nitrogens is 1. The Morgan fingerprint density at radius 1 is 1.47 bits per heavy atom. The van der Waals surface area contributed by atoms with Crippen LogP contribution in [0.15, 0.2) is 23.4 Å². The Bertz CT molecular complexity index is 519. The first-order chi connectivity index (χ1) is 8.35. The van der Waals surface area contributed by atoms with Gasteiger partial charge < -0.3 is 15.0 Å². The number of aromatic amines is 1. The van der Waals surface area contributed by atoms with E-state index in [0.29, 0.717) is 5.25 Å². The third-order valence-corrected chi connectivity index (χ3v) is 4.11. The summed E-state index contributed by atoms with van der Waals surface area (Å²) in [6, 6.07) is 5.91. The number of hydrogen-bond acceptors (Lipinski definition) is 4. The second kappa shape index (κ2) is 4.58. The Morgan fingerprint density at radius 2 is 2.41 bits per heavy atom. The summed E-state index contributed by atoms with van der Waals surface area (Å²) in [5.41, 5.74) is 2.04. The first kappa shape index (κ1) is 10.9. The molecule has 0 spiro atoms. The van der Waals surface area contributed by atoms with Gasteiger partial charge in [-0.3, -0.25) is 0 Å². The standard InChI is InChI=1S/C12H15N3OS/c1-16-8-2-3-10-11(6-8)15-12(14-10)17-9-4-5-13-7-9/h2-3,6,9,13H,4-5,7H2,1H3,(H,14,15). The van der Waals surface area contributed by atoms with Crippen LogP contribution < -0.4 is 10.1 Å². The van der Waals surface area contributed by atoms with Gasteiger partial charge >= 0.3 is 0 Å². The van der Waals surface area contributed by atoms with Crippen molar-refractivity contribution in [3.05, 3.63) is 18.2 Å². The van der Waals surface area contributed by atoms with Crippen molar-refractivity contribution < 1.29 is 4.74 Å². The molecule has 1 aliphatic rings. The zero-order valence-corrected chi connectivity index (χ0v) is 10.5. The molecule has 0 radical (unpaired) electrons. The van der Waals surface area contributed by atoms with Gasteiger partial charge in [0.25, 0.3) is 0 Å². The van der Waals surface area contributed by atoms with E-state index in [0.717, 1.165) is 35.0 Å². The Balaban J connectivity index is 1.85. The van der Waals surface area contributed by atoms with Gasteiger partial charge in [-0.15, -0.1) is 0 Å². The van der Waals surface area contributed by atoms with Crippen molar-refractivity contribution in [3.63, 3.8) is 0 Å². The normalized spacial score (nSPS) is 19.9. The zero-order valence-electron chi connectivity index (χ0n) is 9.69. The molecule has 2 heterocycles. The van der Waals surface area contributed by atoms with Crippen molar-refractivity contribution in [1.29, 1.82) is 0 Å². The predicted molar refractivity (Wildman–Crippen MR) is 69.8 cm³/mol. The van der Waals surface area contributed by atoms with Crippen LogP contribution in [0.4, 0.5) is 0 Å². The van der Waals surface area contributed by atoms with Crippen LogP contribution in [-0.4, -0.2) is 35.4 Å². The number of imidazole rings is 1. The maximum absolute atomic E-state index is 5.20. The molecule has 3 rings (SSSR count). The molecule has 1 aromatic carbocycles. The molecule has 17 heavy (non-hydrogen) atoms. The summed E-state index contributed by atoms with van der Waals surface area (Å²) in [7, 11) is 1.68. The number of methoxy groups -OCH3 is 1. The smallest absolute Gasteiger partial charge is 0.166 e. The van der Waals surface area contributed by atoms with Crippen LogP contribution in [0.3, 0.4) is 0 Å². The molecule has 0 aliphatic carbocycles. The Morgan fingerprint density at radius 3 is 3.18 bits per heavy atom. The van der Waals surface area contributed by atoms with Gasteiger partial charge in [-0.05, 0) is 25.1 Å². The lowest BCUT2D eigenvalue weighted by Gasteiger charge is -2.03. The molecule has 1 aromatic heterocycles. The topological polar surface area (TPSA) is 49.9 Å². The second-order valence-corrected chi connectivity index (χ2v) is 5.45. The molecule has 2 N–H and O–H groups in total. The van der Waals surface area contributed by atoms with Gasteiger partial charge in [-0.25, -0.2) is 4.98 Å². The minimum absolute atomic E-state index is 0.637. The van der Waals surface area contributed by atoms with E-state index in [4.69, 9.17) is 4.74 Å². The molecule has 1 fully saturated rings. The van der Waals surface area contributed by atoms with E-state index in [9.17, 15) is 0 Å². The lowest BCUT2D eigenvalue weighted by atomic mass is 10.3. The van der Waals surface area contributed by atoms with Crippen LogP contribution >= 0.6 is 11.8 Å². The minimum atomic E-state index is 0.637. The maximum atomic E-state index is 5.20. The Kier molecular flexibility index (Phi) is 2.94. The van der Waals surface area contributed by atoms with Gasteiger partial charge in [0.1, 0.15) is 5.75 Å². The molecule has 2 aromatic rings. The number of nitrogens with zero attached hydrogens (tertiary/aromatic N) is 1. The van der Waals surface area contributed by atoms with Gasteiger partial charge in [-0.2, -0.15) is 0 Å². The first-order valence-electron chi connectivity index (χ1n) is 5.76. The van der Waals surface area contributed by atoms with Gasteiger partial charge in [0.15, 0.2) is 5.16 Å². The molecular weight excluding hydrogens is 234 g/mol. The van der Waals surface area contributed by atoms with E-state index in [1.165, 1.54) is 6.42 Å². The van der Waals surface area contributed by atoms with E-state index in [2.05, 4.69) is 15.3 Å². The minimum Gasteiger partial charge on any atom is -0.497 e. The fraction of sp³-hybridized carbons (Fsp3) is 0.417. The lowest BCUT2D eigenvalue weighted by Crippen LogP contribution is -2.10. The molecule has 1 aliphatic heterocycles. The number of nitrogens with one attached hydrogen (secondary N) is 2. The predicted octanol–water partition coefficient (Wildman–Crippen LogP) is 2.03. The van der Waals surface area contributed by atoms with Crippen molar-refractivity contribution in [3.8, 4) is 5.75 Å². The van der Waals surface area contributed by atoms with Gasteiger partial charge in [0.05, 0.1) is 18.1 Å². The zero-order chi connectivity index (χ0) is 11.7. The molecule has 0 bridgehead atoms. The van der Waals surface area contributed by atoms with Crippen molar-refractivity contribution in [2.24, 2.45) is 0 Å². The average molecular weight is 249 g/mol. The fourth-order valence-corrected chi connectivity index (χ4v) is 3.11. The molecule has 1 atom stereocenters. The summed E-state index contributed by atoms with van der Waals surface area (Å²) in [5, 5.41) is 5.00. The van der Waals surface area contributed by atoms with Crippen molar-refractivity contribution >= 4 is 22.8 Å². The number of hydrogen-bond donors (Lipinski definition) is 2. The van der Waals surface area contributed by atoms with E-state index in [1.54, 1.807) is 7.11 Å². The van der Waals surface area contributed by atoms with Gasteiger partial charge in [-0.1, -0.05) is 11.8 Å². The highest BCUT2D eigenvalue weighted by Crippen LogP contribution is 2.27. The highest BCUT2D eigenvalue weighted by molar-refractivity contribution is 7.99. The van der Waals surface area contributed by atoms with Crippen LogP contribution in [0.5, 0.6) is 5.75 Å². The van der Waals surface area contributed by atoms with Crippen molar-refractivity contribution in [2.45, 2.75) is 16.8 Å². The molecule has 0 amide bonds. The summed E-state index contributed by atoms with van der Waals surface area (Å²) in [6.45, 7) is 2.19. The fourth-order valence-electron chi connectivity index (χ4n) is 2.03. The Hall–Kier alpha value is -1.20. The monoisotopic (exact) mass is 249 g/mol. The number of rotatable bonds is 3. The van der Waals surface area contributed by atoms with E-state index in [-0.39, 0.29) is 0 Å². The summed E-state index contributed by atoms with van der Waals surface area (Å²) in [6.07, 6.45) is 1.21. The van der Waals surface area contributed by atoms with Crippen LogP contribution in [0.25, 0.3) is 11.0 Å². The average Bonchev–Trinajstić information content (AvgIpc) is 2.96. The summed E-state index contributed by atoms with van der Waals surface area (Å²) >= 11 is 1.82. The third-order valence-electron chi connectivity index (χ3n) is 2.96. The number of benzene rings is 1. The summed E-state index contributed by atoms with van der Waals surface area (Å²) < 4.78 is 5.20. The highest BCUT2D eigenvalue weighted by Gasteiger charge is 2.17. The molecule has 5 heteroatoms.